The smallest absolute Gasteiger partial charge is 0.203 e. The van der Waals surface area contributed by atoms with Gasteiger partial charge in [-0.3, -0.25) is 0 Å². The van der Waals surface area contributed by atoms with E-state index in [1.165, 1.54) is 5.56 Å². The summed E-state index contributed by atoms with van der Waals surface area (Å²) < 4.78 is 17.9. The molecular weight excluding hydrogens is 290 g/mol. The van der Waals surface area contributed by atoms with E-state index < -0.39 is 0 Å². The van der Waals surface area contributed by atoms with Gasteiger partial charge in [0.1, 0.15) is 0 Å². The van der Waals surface area contributed by atoms with Crippen LogP contribution in [0.15, 0.2) is 12.1 Å². The molecule has 0 radical (unpaired) electrons. The summed E-state index contributed by atoms with van der Waals surface area (Å²) >= 11 is 0. The molecule has 0 fully saturated rings. The lowest BCUT2D eigenvalue weighted by Gasteiger charge is -2.19. The molecule has 0 atom stereocenters. The van der Waals surface area contributed by atoms with Crippen LogP contribution in [0.5, 0.6) is 17.2 Å². The van der Waals surface area contributed by atoms with Crippen molar-refractivity contribution in [3.8, 4) is 17.2 Å². The molecule has 0 aliphatic carbocycles. The van der Waals surface area contributed by atoms with Gasteiger partial charge < -0.3 is 19.9 Å². The van der Waals surface area contributed by atoms with E-state index >= 15 is 0 Å². The van der Waals surface area contributed by atoms with Gasteiger partial charge in [-0.05, 0) is 56.7 Å². The highest BCUT2D eigenvalue weighted by molar-refractivity contribution is 5.56. The van der Waals surface area contributed by atoms with Crippen LogP contribution < -0.4 is 19.9 Å². The zero-order valence-electron chi connectivity index (χ0n) is 15.0. The Kier molecular flexibility index (Phi) is 10.3. The molecule has 0 amide bonds. The van der Waals surface area contributed by atoms with Gasteiger partial charge in [0.15, 0.2) is 11.5 Å². The molecule has 4 heteroatoms. The fourth-order valence-corrected chi connectivity index (χ4v) is 2.27. The molecule has 0 aliphatic rings. The normalized spacial score (nSPS) is 10.6. The maximum atomic E-state index is 6.03. The fourth-order valence-electron chi connectivity index (χ4n) is 2.27. The molecule has 1 aromatic rings. The number of unbranched alkanes of at least 4 members (excludes halogenated alkanes) is 1. The summed E-state index contributed by atoms with van der Waals surface area (Å²) in [6.07, 6.45) is 5.92. The number of aryl methyl sites for hydroxylation is 1. The van der Waals surface area contributed by atoms with Crippen molar-refractivity contribution >= 4 is 0 Å². The summed E-state index contributed by atoms with van der Waals surface area (Å²) in [5.74, 6) is 2.40. The summed E-state index contributed by atoms with van der Waals surface area (Å²) in [7, 11) is 0. The number of rotatable bonds is 13. The first-order valence-corrected chi connectivity index (χ1v) is 9.02. The molecule has 2 N–H and O–H groups in total. The maximum absolute atomic E-state index is 6.03. The van der Waals surface area contributed by atoms with Crippen LogP contribution in [0.3, 0.4) is 0 Å². The summed E-state index contributed by atoms with van der Waals surface area (Å²) in [5.41, 5.74) is 6.79. The lowest BCUT2D eigenvalue weighted by molar-refractivity contribution is 0.241. The zero-order chi connectivity index (χ0) is 16.9. The van der Waals surface area contributed by atoms with Crippen molar-refractivity contribution in [1.29, 1.82) is 0 Å². The van der Waals surface area contributed by atoms with Gasteiger partial charge in [0.25, 0.3) is 0 Å². The Balaban J connectivity index is 3.07. The van der Waals surface area contributed by atoms with Crippen molar-refractivity contribution in [2.45, 2.75) is 59.3 Å². The number of nitrogens with two attached hydrogens (primary N) is 1. The summed E-state index contributed by atoms with van der Waals surface area (Å²) in [6.45, 7) is 9.07. The minimum absolute atomic E-state index is 0.664. The summed E-state index contributed by atoms with van der Waals surface area (Å²) in [4.78, 5) is 0. The highest BCUT2D eigenvalue weighted by Crippen LogP contribution is 2.41. The third-order valence-electron chi connectivity index (χ3n) is 3.42. The van der Waals surface area contributed by atoms with Gasteiger partial charge in [-0.1, -0.05) is 26.8 Å². The molecule has 0 unspecified atom stereocenters. The van der Waals surface area contributed by atoms with E-state index in [4.69, 9.17) is 19.9 Å². The Bertz CT molecular complexity index is 435. The summed E-state index contributed by atoms with van der Waals surface area (Å²) in [6, 6.07) is 4.11. The highest BCUT2D eigenvalue weighted by atomic mass is 16.5. The molecule has 1 rings (SSSR count). The average Bonchev–Trinajstić information content (AvgIpc) is 2.57. The van der Waals surface area contributed by atoms with E-state index in [9.17, 15) is 0 Å². The van der Waals surface area contributed by atoms with Crippen LogP contribution in [-0.2, 0) is 6.42 Å². The zero-order valence-corrected chi connectivity index (χ0v) is 15.0. The van der Waals surface area contributed by atoms with Crippen molar-refractivity contribution < 1.29 is 14.2 Å². The van der Waals surface area contributed by atoms with Crippen molar-refractivity contribution in [2.24, 2.45) is 5.73 Å². The number of ether oxygens (including phenoxy) is 3. The minimum Gasteiger partial charge on any atom is -0.490 e. The lowest BCUT2D eigenvalue weighted by Crippen LogP contribution is -2.07. The fraction of sp³-hybridized carbons (Fsp3) is 0.684. The van der Waals surface area contributed by atoms with Gasteiger partial charge in [-0.25, -0.2) is 0 Å². The van der Waals surface area contributed by atoms with Crippen LogP contribution in [0.1, 0.15) is 58.4 Å². The Morgan fingerprint density at radius 3 is 2.00 bits per heavy atom. The van der Waals surface area contributed by atoms with E-state index in [-0.39, 0.29) is 0 Å². The predicted molar refractivity (Wildman–Crippen MR) is 95.8 cm³/mol. The van der Waals surface area contributed by atoms with Crippen molar-refractivity contribution in [3.05, 3.63) is 17.7 Å². The molecule has 0 aliphatic heterocycles. The first-order valence-electron chi connectivity index (χ1n) is 9.02. The number of hydrogen-bond acceptors (Lipinski definition) is 4. The van der Waals surface area contributed by atoms with Crippen LogP contribution in [0.25, 0.3) is 0 Å². The minimum atomic E-state index is 0.664. The summed E-state index contributed by atoms with van der Waals surface area (Å²) in [5, 5.41) is 0. The Labute approximate surface area is 141 Å². The van der Waals surface area contributed by atoms with Crippen LogP contribution in [-0.4, -0.2) is 26.4 Å². The predicted octanol–water partition coefficient (Wildman–Crippen LogP) is 4.33. The van der Waals surface area contributed by atoms with Gasteiger partial charge in [0, 0.05) is 0 Å². The quantitative estimate of drug-likeness (QED) is 0.549. The van der Waals surface area contributed by atoms with Crippen molar-refractivity contribution in [1.82, 2.24) is 0 Å². The molecule has 0 saturated carbocycles. The van der Waals surface area contributed by atoms with Crippen molar-refractivity contribution in [2.75, 3.05) is 26.4 Å². The van der Waals surface area contributed by atoms with Crippen LogP contribution in [0.4, 0.5) is 0 Å². The highest BCUT2D eigenvalue weighted by Gasteiger charge is 2.17. The van der Waals surface area contributed by atoms with Crippen molar-refractivity contribution in [3.63, 3.8) is 0 Å². The molecule has 0 saturated heterocycles. The van der Waals surface area contributed by atoms with Crippen LogP contribution in [0.2, 0.25) is 0 Å². The average molecular weight is 323 g/mol. The van der Waals surface area contributed by atoms with E-state index in [1.807, 2.05) is 6.07 Å². The molecule has 0 bridgehead atoms. The molecule has 0 aromatic heterocycles. The second-order valence-corrected chi connectivity index (χ2v) is 5.67. The molecule has 1 aromatic carbocycles. The molecule has 0 spiro atoms. The van der Waals surface area contributed by atoms with E-state index in [0.717, 1.165) is 62.3 Å². The Morgan fingerprint density at radius 2 is 1.39 bits per heavy atom. The first-order chi connectivity index (χ1) is 11.3. The Morgan fingerprint density at radius 1 is 0.783 bits per heavy atom. The molecule has 132 valence electrons. The standard InChI is InChI=1S/C19H33NO3/c1-4-13-21-17-11-10-16(9-7-8-12-20)18(22-14-5-2)19(17)23-15-6-3/h10-11H,4-9,12-15,20H2,1-3H3. The molecule has 23 heavy (non-hydrogen) atoms. The van der Waals surface area contributed by atoms with E-state index in [2.05, 4.69) is 26.8 Å². The molecular formula is C19H33NO3. The third-order valence-corrected chi connectivity index (χ3v) is 3.42. The second kappa shape index (κ2) is 12.1. The van der Waals surface area contributed by atoms with Gasteiger partial charge in [0.2, 0.25) is 5.75 Å². The largest absolute Gasteiger partial charge is 0.490 e. The second-order valence-electron chi connectivity index (χ2n) is 5.67. The van der Waals surface area contributed by atoms with E-state index in [1.54, 1.807) is 0 Å². The van der Waals surface area contributed by atoms with Gasteiger partial charge in [-0.15, -0.1) is 0 Å². The number of hydrogen-bond donors (Lipinski definition) is 1. The van der Waals surface area contributed by atoms with Crippen LogP contribution >= 0.6 is 0 Å². The first kappa shape index (κ1) is 19.6. The monoisotopic (exact) mass is 323 g/mol. The number of benzene rings is 1. The third kappa shape index (κ3) is 6.69. The SMILES string of the molecule is CCCOc1ccc(CCCCN)c(OCCC)c1OCCC. The topological polar surface area (TPSA) is 53.7 Å². The van der Waals surface area contributed by atoms with Gasteiger partial charge >= 0.3 is 0 Å². The van der Waals surface area contributed by atoms with E-state index in [0.29, 0.717) is 19.8 Å². The van der Waals surface area contributed by atoms with Gasteiger partial charge in [-0.2, -0.15) is 0 Å². The van der Waals surface area contributed by atoms with Gasteiger partial charge in [0.05, 0.1) is 19.8 Å². The van der Waals surface area contributed by atoms with Crippen LogP contribution in [0, 0.1) is 0 Å². The lowest BCUT2D eigenvalue weighted by atomic mass is 10.1. The Hall–Kier alpha value is -1.42. The molecule has 4 nitrogen and oxygen atoms in total. The maximum Gasteiger partial charge on any atom is 0.203 e. The molecule has 0 heterocycles.